The summed E-state index contributed by atoms with van der Waals surface area (Å²) < 4.78 is 0. The van der Waals surface area contributed by atoms with Crippen LogP contribution in [0.15, 0.2) is 0 Å². The summed E-state index contributed by atoms with van der Waals surface area (Å²) >= 11 is 0. The van der Waals surface area contributed by atoms with Gasteiger partial charge in [-0.25, -0.2) is 0 Å². The molecule has 0 bridgehead atoms. The van der Waals surface area contributed by atoms with Gasteiger partial charge in [-0.2, -0.15) is 0 Å². The molecule has 0 aromatic carbocycles. The molecule has 0 aliphatic carbocycles. The minimum absolute atomic E-state index is 0.0463. The van der Waals surface area contributed by atoms with Gasteiger partial charge in [0.1, 0.15) is 0 Å². The number of aliphatic hydroxyl groups is 2. The average molecular weight is 273 g/mol. The van der Waals surface area contributed by atoms with Gasteiger partial charge in [0.05, 0.1) is 12.7 Å². The molecule has 1 atom stereocenters. The Morgan fingerprint density at radius 1 is 0.895 bits per heavy atom. The topological polar surface area (TPSA) is 50.2 Å². The van der Waals surface area contributed by atoms with Gasteiger partial charge in [-0.1, -0.05) is 13.8 Å². The Morgan fingerprint density at radius 2 is 1.47 bits per heavy atom. The molecule has 2 rings (SSSR count). The highest BCUT2D eigenvalue weighted by Gasteiger charge is 2.17. The molecule has 5 heteroatoms. The Morgan fingerprint density at radius 3 is 1.84 bits per heavy atom. The second-order valence-corrected chi connectivity index (χ2v) is 5.34. The predicted molar refractivity (Wildman–Crippen MR) is 78.4 cm³/mol. The molecule has 0 amide bonds. The third-order valence-electron chi connectivity index (χ3n) is 4.02. The molecule has 5 nitrogen and oxygen atoms in total. The summed E-state index contributed by atoms with van der Waals surface area (Å²) in [5.74, 6) is 0. The van der Waals surface area contributed by atoms with Gasteiger partial charge in [0, 0.05) is 45.8 Å². The molecule has 0 saturated carbocycles. The number of likely N-dealkylation sites (N-methyl/N-ethyl adjacent to an activating group) is 2. The minimum atomic E-state index is -0.0463. The van der Waals surface area contributed by atoms with Crippen LogP contribution < -0.4 is 0 Å². The fraction of sp³-hybridized carbons (Fsp3) is 1.00. The van der Waals surface area contributed by atoms with E-state index in [0.717, 1.165) is 65.3 Å². The molecule has 0 aromatic rings. The normalized spacial score (nSPS) is 26.2. The first-order valence-electron chi connectivity index (χ1n) is 7.65. The Bertz CT molecular complexity index is 221. The summed E-state index contributed by atoms with van der Waals surface area (Å²) in [6.45, 7) is 14.2. The van der Waals surface area contributed by atoms with Crippen LogP contribution in [-0.2, 0) is 0 Å². The van der Waals surface area contributed by atoms with Crippen molar-refractivity contribution < 1.29 is 10.2 Å². The Hall–Kier alpha value is -0.200. The Labute approximate surface area is 117 Å². The molecule has 1 unspecified atom stereocenters. The first-order valence-corrected chi connectivity index (χ1v) is 7.65. The quantitative estimate of drug-likeness (QED) is 0.736. The maximum Gasteiger partial charge on any atom is 0.0679 e. The van der Waals surface area contributed by atoms with Crippen LogP contribution in [0.25, 0.3) is 0 Å². The third-order valence-corrected chi connectivity index (χ3v) is 4.02. The SMILES string of the molecule is CCN1CCC(O)C1.CCN1CCN(CCO)CC1. The molecule has 2 fully saturated rings. The lowest BCUT2D eigenvalue weighted by atomic mass is 10.3. The van der Waals surface area contributed by atoms with Gasteiger partial charge < -0.3 is 20.0 Å². The first-order chi connectivity index (χ1) is 9.19. The van der Waals surface area contributed by atoms with Crippen LogP contribution in [0.1, 0.15) is 20.3 Å². The lowest BCUT2D eigenvalue weighted by Crippen LogP contribution is -2.46. The lowest BCUT2D eigenvalue weighted by molar-refractivity contribution is 0.116. The van der Waals surface area contributed by atoms with Crippen molar-refractivity contribution in [3.05, 3.63) is 0 Å². The number of rotatable bonds is 4. The van der Waals surface area contributed by atoms with E-state index < -0.39 is 0 Å². The van der Waals surface area contributed by atoms with E-state index in [1.807, 2.05) is 0 Å². The first kappa shape index (κ1) is 16.9. The van der Waals surface area contributed by atoms with E-state index in [2.05, 4.69) is 28.5 Å². The highest BCUT2D eigenvalue weighted by atomic mass is 16.3. The number of piperazine rings is 1. The average Bonchev–Trinajstić information content (AvgIpc) is 2.87. The molecule has 0 aromatic heterocycles. The monoisotopic (exact) mass is 273 g/mol. The maximum absolute atomic E-state index is 8.99. The van der Waals surface area contributed by atoms with E-state index in [4.69, 9.17) is 10.2 Å². The molecule has 0 spiro atoms. The van der Waals surface area contributed by atoms with E-state index in [9.17, 15) is 0 Å². The van der Waals surface area contributed by atoms with Crippen LogP contribution in [-0.4, -0.2) is 96.5 Å². The van der Waals surface area contributed by atoms with Crippen LogP contribution in [0, 0.1) is 0 Å². The summed E-state index contributed by atoms with van der Waals surface area (Å²) in [4.78, 5) is 7.00. The molecular formula is C14H31N3O2. The van der Waals surface area contributed by atoms with E-state index >= 15 is 0 Å². The van der Waals surface area contributed by atoms with E-state index in [-0.39, 0.29) is 6.10 Å². The van der Waals surface area contributed by atoms with Crippen LogP contribution >= 0.6 is 0 Å². The van der Waals surface area contributed by atoms with Crippen molar-refractivity contribution in [2.24, 2.45) is 0 Å². The lowest BCUT2D eigenvalue weighted by Gasteiger charge is -2.33. The zero-order valence-electron chi connectivity index (χ0n) is 12.6. The second-order valence-electron chi connectivity index (χ2n) is 5.34. The number of hydrogen-bond acceptors (Lipinski definition) is 5. The molecule has 0 radical (unpaired) electrons. The van der Waals surface area contributed by atoms with Crippen molar-refractivity contribution in [1.82, 2.24) is 14.7 Å². The molecule has 2 heterocycles. The number of nitrogens with zero attached hydrogens (tertiary/aromatic N) is 3. The van der Waals surface area contributed by atoms with Crippen molar-refractivity contribution in [3.8, 4) is 0 Å². The minimum Gasteiger partial charge on any atom is -0.395 e. The molecule has 2 N–H and O–H groups in total. The summed E-state index contributed by atoms with van der Waals surface area (Å²) in [6, 6.07) is 0. The van der Waals surface area contributed by atoms with Crippen LogP contribution in [0.5, 0.6) is 0 Å². The third kappa shape index (κ3) is 6.68. The number of aliphatic hydroxyl groups excluding tert-OH is 2. The van der Waals surface area contributed by atoms with Crippen molar-refractivity contribution in [1.29, 1.82) is 0 Å². The molecular weight excluding hydrogens is 242 g/mol. The summed E-state index contributed by atoms with van der Waals surface area (Å²) in [6.07, 6.45) is 0.920. The largest absolute Gasteiger partial charge is 0.395 e. The zero-order valence-corrected chi connectivity index (χ0v) is 12.6. The van der Waals surface area contributed by atoms with Gasteiger partial charge in [-0.15, -0.1) is 0 Å². The van der Waals surface area contributed by atoms with Crippen molar-refractivity contribution in [2.45, 2.75) is 26.4 Å². The number of hydrogen-bond donors (Lipinski definition) is 2. The zero-order chi connectivity index (χ0) is 14.1. The van der Waals surface area contributed by atoms with Gasteiger partial charge in [-0.05, 0) is 19.5 Å². The summed E-state index contributed by atoms with van der Waals surface area (Å²) in [7, 11) is 0. The van der Waals surface area contributed by atoms with Crippen molar-refractivity contribution in [3.63, 3.8) is 0 Å². The second kappa shape index (κ2) is 9.66. The molecule has 19 heavy (non-hydrogen) atoms. The number of β-amino-alcohol motifs (C(OH)–C–C–N with tert-alkyl or cyclic N) is 2. The van der Waals surface area contributed by atoms with E-state index in [1.165, 1.54) is 0 Å². The fourth-order valence-corrected chi connectivity index (χ4v) is 2.57. The summed E-state index contributed by atoms with van der Waals surface area (Å²) in [5, 5.41) is 17.7. The Balaban J connectivity index is 0.000000200. The van der Waals surface area contributed by atoms with E-state index in [1.54, 1.807) is 0 Å². The van der Waals surface area contributed by atoms with Gasteiger partial charge >= 0.3 is 0 Å². The van der Waals surface area contributed by atoms with Crippen LogP contribution in [0.4, 0.5) is 0 Å². The maximum atomic E-state index is 8.99. The van der Waals surface area contributed by atoms with Crippen molar-refractivity contribution >= 4 is 0 Å². The molecule has 114 valence electrons. The standard InChI is InChI=1S/C8H18N2O.C6H13NO/c1-2-9-3-5-10(6-4-9)7-8-11;1-2-7-4-3-6(8)5-7/h11H,2-8H2,1H3;6,8H,2-5H2,1H3. The highest BCUT2D eigenvalue weighted by Crippen LogP contribution is 2.06. The summed E-state index contributed by atoms with van der Waals surface area (Å²) in [5.41, 5.74) is 0. The Kier molecular flexibility index (Phi) is 8.57. The van der Waals surface area contributed by atoms with Gasteiger partial charge in [-0.3, -0.25) is 4.90 Å². The fourth-order valence-electron chi connectivity index (χ4n) is 2.57. The highest BCUT2D eigenvalue weighted by molar-refractivity contribution is 4.72. The molecule has 2 aliphatic heterocycles. The van der Waals surface area contributed by atoms with Crippen LogP contribution in [0.3, 0.4) is 0 Å². The van der Waals surface area contributed by atoms with Crippen molar-refractivity contribution in [2.75, 3.05) is 65.5 Å². The van der Waals surface area contributed by atoms with Crippen LogP contribution in [0.2, 0.25) is 0 Å². The van der Waals surface area contributed by atoms with E-state index in [0.29, 0.717) is 6.61 Å². The molecule has 2 saturated heterocycles. The smallest absolute Gasteiger partial charge is 0.0679 e. The van der Waals surface area contributed by atoms with Gasteiger partial charge in [0.25, 0.3) is 0 Å². The number of likely N-dealkylation sites (tertiary alicyclic amines) is 1. The predicted octanol–water partition coefficient (Wildman–Crippen LogP) is -0.311. The van der Waals surface area contributed by atoms with Gasteiger partial charge in [0.15, 0.2) is 0 Å². The molecule has 2 aliphatic rings. The van der Waals surface area contributed by atoms with Gasteiger partial charge in [0.2, 0.25) is 0 Å².